The van der Waals surface area contributed by atoms with Crippen LogP contribution in [-0.2, 0) is 24.2 Å². The Morgan fingerprint density at radius 3 is 2.85 bits per heavy atom. The van der Waals surface area contributed by atoms with Crippen LogP contribution in [0, 0.1) is 0 Å². The van der Waals surface area contributed by atoms with Gasteiger partial charge in [0, 0.05) is 11.9 Å². The Hall–Kier alpha value is -3.04. The summed E-state index contributed by atoms with van der Waals surface area (Å²) in [6, 6.07) is 11.0. The number of thioether (sulfide) groups is 1. The number of carbonyl (C=O) groups excluding carboxylic acids is 1. The first kappa shape index (κ1) is 22.7. The highest BCUT2D eigenvalue weighted by atomic mass is 32.2. The standard InChI is InChI=1S/C25H25N3O4S2/c1-27(14-16-8-7-13-32-16)21(29)15-33-25-26-23-22(17-9-3-6-12-20(17)34-23)24(30)28(25)18-10-4-5-11-19(18)31-2/h4-5,7-8,10-11,13H,3,6,9,12,14-15H2,1-2H3. The van der Waals surface area contributed by atoms with Gasteiger partial charge in [0.05, 0.1) is 36.7 Å². The van der Waals surface area contributed by atoms with Crippen molar-refractivity contribution in [3.05, 3.63) is 69.2 Å². The molecule has 4 aromatic rings. The van der Waals surface area contributed by atoms with Crippen molar-refractivity contribution in [3.8, 4) is 11.4 Å². The van der Waals surface area contributed by atoms with E-state index in [1.165, 1.54) is 16.6 Å². The summed E-state index contributed by atoms with van der Waals surface area (Å²) in [5.74, 6) is 1.37. The lowest BCUT2D eigenvalue weighted by molar-refractivity contribution is -0.127. The summed E-state index contributed by atoms with van der Waals surface area (Å²) < 4.78 is 12.5. The van der Waals surface area contributed by atoms with Gasteiger partial charge in [-0.25, -0.2) is 4.98 Å². The average molecular weight is 496 g/mol. The Morgan fingerprint density at radius 1 is 1.24 bits per heavy atom. The average Bonchev–Trinajstić information content (AvgIpc) is 3.50. The molecule has 34 heavy (non-hydrogen) atoms. The Morgan fingerprint density at radius 2 is 2.06 bits per heavy atom. The van der Waals surface area contributed by atoms with Crippen LogP contribution in [0.25, 0.3) is 15.9 Å². The molecule has 0 atom stereocenters. The van der Waals surface area contributed by atoms with Crippen molar-refractivity contribution in [2.45, 2.75) is 37.4 Å². The van der Waals surface area contributed by atoms with Gasteiger partial charge < -0.3 is 14.1 Å². The fourth-order valence-corrected chi connectivity index (χ4v) is 6.52. The van der Waals surface area contributed by atoms with Gasteiger partial charge in [0.2, 0.25) is 5.91 Å². The number of para-hydroxylation sites is 2. The number of aromatic nitrogens is 2. The van der Waals surface area contributed by atoms with Gasteiger partial charge in [0.15, 0.2) is 5.16 Å². The predicted molar refractivity (Wildman–Crippen MR) is 134 cm³/mol. The van der Waals surface area contributed by atoms with Crippen LogP contribution in [0.2, 0.25) is 0 Å². The third-order valence-corrected chi connectivity index (χ3v) is 8.12. The van der Waals surface area contributed by atoms with Crippen LogP contribution in [0.1, 0.15) is 29.0 Å². The van der Waals surface area contributed by atoms with Gasteiger partial charge >= 0.3 is 0 Å². The maximum absolute atomic E-state index is 13.9. The number of ether oxygens (including phenoxy) is 1. The van der Waals surface area contributed by atoms with Crippen molar-refractivity contribution in [1.29, 1.82) is 0 Å². The molecule has 0 N–H and O–H groups in total. The Kier molecular flexibility index (Phi) is 6.47. The second-order valence-electron chi connectivity index (χ2n) is 8.22. The summed E-state index contributed by atoms with van der Waals surface area (Å²) in [7, 11) is 3.32. The quantitative estimate of drug-likeness (QED) is 0.274. The summed E-state index contributed by atoms with van der Waals surface area (Å²) in [4.78, 5) is 35.3. The minimum Gasteiger partial charge on any atom is -0.495 e. The van der Waals surface area contributed by atoms with E-state index in [2.05, 4.69) is 0 Å². The first-order valence-corrected chi connectivity index (χ1v) is 13.0. The summed E-state index contributed by atoms with van der Waals surface area (Å²) in [6.45, 7) is 0.385. The number of fused-ring (bicyclic) bond motifs is 3. The summed E-state index contributed by atoms with van der Waals surface area (Å²) >= 11 is 2.87. The highest BCUT2D eigenvalue weighted by Gasteiger charge is 2.24. The van der Waals surface area contributed by atoms with E-state index in [0.29, 0.717) is 28.5 Å². The van der Waals surface area contributed by atoms with Crippen LogP contribution in [0.3, 0.4) is 0 Å². The number of carbonyl (C=O) groups is 1. The van der Waals surface area contributed by atoms with Crippen LogP contribution in [0.4, 0.5) is 0 Å². The highest BCUT2D eigenvalue weighted by Crippen LogP contribution is 2.36. The van der Waals surface area contributed by atoms with E-state index < -0.39 is 0 Å². The SMILES string of the molecule is COc1ccccc1-n1c(SCC(=O)N(C)Cc2ccco2)nc2sc3c(c2c1=O)CCCC3. The Balaban J connectivity index is 1.54. The lowest BCUT2D eigenvalue weighted by Crippen LogP contribution is -2.28. The number of aryl methyl sites for hydroxylation is 2. The van der Waals surface area contributed by atoms with E-state index in [1.807, 2.05) is 30.3 Å². The zero-order valence-electron chi connectivity index (χ0n) is 19.1. The molecule has 0 fully saturated rings. The first-order chi connectivity index (χ1) is 16.6. The minimum absolute atomic E-state index is 0.0761. The largest absolute Gasteiger partial charge is 0.495 e. The second-order valence-corrected chi connectivity index (χ2v) is 10.2. The van der Waals surface area contributed by atoms with E-state index in [0.717, 1.165) is 41.8 Å². The lowest BCUT2D eigenvalue weighted by atomic mass is 9.97. The van der Waals surface area contributed by atoms with Crippen molar-refractivity contribution in [3.63, 3.8) is 0 Å². The second kappa shape index (κ2) is 9.68. The summed E-state index contributed by atoms with van der Waals surface area (Å²) in [6.07, 6.45) is 5.70. The number of thiophene rings is 1. The predicted octanol–water partition coefficient (Wildman–Crippen LogP) is 4.68. The molecule has 0 radical (unpaired) electrons. The third kappa shape index (κ3) is 4.25. The van der Waals surface area contributed by atoms with Crippen molar-refractivity contribution in [1.82, 2.24) is 14.5 Å². The number of furan rings is 1. The number of rotatable bonds is 7. The van der Waals surface area contributed by atoms with Crippen LogP contribution in [0.15, 0.2) is 57.0 Å². The molecule has 5 rings (SSSR count). The number of amides is 1. The van der Waals surface area contributed by atoms with E-state index in [9.17, 15) is 9.59 Å². The zero-order valence-corrected chi connectivity index (χ0v) is 20.7. The van der Waals surface area contributed by atoms with Crippen LogP contribution >= 0.6 is 23.1 Å². The molecule has 0 bridgehead atoms. The molecule has 1 aliphatic carbocycles. The lowest BCUT2D eigenvalue weighted by Gasteiger charge is -2.17. The van der Waals surface area contributed by atoms with E-state index >= 15 is 0 Å². The molecule has 9 heteroatoms. The van der Waals surface area contributed by atoms with Gasteiger partial charge in [-0.3, -0.25) is 14.2 Å². The van der Waals surface area contributed by atoms with Crippen molar-refractivity contribution < 1.29 is 13.9 Å². The topological polar surface area (TPSA) is 77.6 Å². The van der Waals surface area contributed by atoms with Crippen molar-refractivity contribution in [2.24, 2.45) is 0 Å². The molecule has 3 heterocycles. The van der Waals surface area contributed by atoms with Gasteiger partial charge in [-0.05, 0) is 55.5 Å². The number of benzene rings is 1. The maximum atomic E-state index is 13.9. The zero-order chi connectivity index (χ0) is 23.7. The summed E-state index contributed by atoms with van der Waals surface area (Å²) in [5, 5.41) is 1.19. The Labute approximate surface area is 205 Å². The highest BCUT2D eigenvalue weighted by molar-refractivity contribution is 7.99. The first-order valence-electron chi connectivity index (χ1n) is 11.2. The molecule has 176 valence electrons. The molecular weight excluding hydrogens is 470 g/mol. The fraction of sp³-hybridized carbons (Fsp3) is 0.320. The van der Waals surface area contributed by atoms with Crippen LogP contribution in [0.5, 0.6) is 5.75 Å². The minimum atomic E-state index is -0.104. The molecule has 1 aliphatic rings. The molecule has 1 aromatic carbocycles. The molecule has 1 amide bonds. The van der Waals surface area contributed by atoms with E-state index in [1.54, 1.807) is 47.3 Å². The molecule has 0 saturated heterocycles. The number of hydrogen-bond donors (Lipinski definition) is 0. The Bertz CT molecular complexity index is 1390. The molecular formula is C25H25N3O4S2. The van der Waals surface area contributed by atoms with Crippen LogP contribution < -0.4 is 10.3 Å². The normalized spacial score (nSPS) is 13.1. The third-order valence-electron chi connectivity index (χ3n) is 6.01. The molecule has 3 aromatic heterocycles. The maximum Gasteiger partial charge on any atom is 0.267 e. The molecule has 0 unspecified atom stereocenters. The van der Waals surface area contributed by atoms with Gasteiger partial charge in [-0.15, -0.1) is 11.3 Å². The number of hydrogen-bond acceptors (Lipinski definition) is 7. The van der Waals surface area contributed by atoms with Gasteiger partial charge in [-0.1, -0.05) is 23.9 Å². The molecule has 7 nitrogen and oxygen atoms in total. The van der Waals surface area contributed by atoms with E-state index in [-0.39, 0.29) is 17.2 Å². The van der Waals surface area contributed by atoms with E-state index in [4.69, 9.17) is 14.1 Å². The molecule has 0 spiro atoms. The number of nitrogens with zero attached hydrogens (tertiary/aromatic N) is 3. The number of methoxy groups -OCH3 is 1. The van der Waals surface area contributed by atoms with Crippen molar-refractivity contribution in [2.75, 3.05) is 19.9 Å². The smallest absolute Gasteiger partial charge is 0.267 e. The molecule has 0 saturated carbocycles. The van der Waals surface area contributed by atoms with Gasteiger partial charge in [-0.2, -0.15) is 0 Å². The van der Waals surface area contributed by atoms with Crippen LogP contribution in [-0.4, -0.2) is 40.3 Å². The van der Waals surface area contributed by atoms with Gasteiger partial charge in [0.1, 0.15) is 16.3 Å². The fourth-order valence-electron chi connectivity index (χ4n) is 4.27. The summed E-state index contributed by atoms with van der Waals surface area (Å²) in [5.41, 5.74) is 1.66. The monoisotopic (exact) mass is 495 g/mol. The van der Waals surface area contributed by atoms with Gasteiger partial charge in [0.25, 0.3) is 5.56 Å². The van der Waals surface area contributed by atoms with Crippen molar-refractivity contribution >= 4 is 39.2 Å². The molecule has 0 aliphatic heterocycles.